The van der Waals surface area contributed by atoms with Crippen molar-refractivity contribution in [3.05, 3.63) is 0 Å². The summed E-state index contributed by atoms with van der Waals surface area (Å²) in [5, 5.41) is 0. The highest BCUT2D eigenvalue weighted by Crippen LogP contribution is 2.66. The Morgan fingerprint density at radius 3 is 1.88 bits per heavy atom. The predicted octanol–water partition coefficient (Wildman–Crippen LogP) is 6.19. The standard InChI is InChI=1S/C33H50O9/c1-7-14-31(20(4)24-10-8-18(2)22-12-16-30(6)37-28(38-31)32(22,24)41-40-30)17-21-25-11-9-19(3)23-13-15-29(5)36-27(35-26(21)34)33(23,25)42-39-29/h18-25,27-28H,7-17H2,1-6H3/t18-,19-,20-,21+,22+,23+,24+,25+,27+,28-,29-,30-,31+,32-,33-/m1/s1. The molecule has 0 amide bonds. The Morgan fingerprint density at radius 2 is 1.26 bits per heavy atom. The molecule has 42 heavy (non-hydrogen) atoms. The van der Waals surface area contributed by atoms with Gasteiger partial charge in [0.2, 0.25) is 17.9 Å². The Hall–Kier alpha value is -0.810. The lowest BCUT2D eigenvalue weighted by Gasteiger charge is -2.65. The van der Waals surface area contributed by atoms with Gasteiger partial charge in [-0.15, -0.1) is 0 Å². The van der Waals surface area contributed by atoms with Crippen molar-refractivity contribution in [3.8, 4) is 0 Å². The van der Waals surface area contributed by atoms with E-state index in [4.69, 9.17) is 38.5 Å². The number of hydrogen-bond donors (Lipinski definition) is 0. The van der Waals surface area contributed by atoms with Gasteiger partial charge in [-0.2, -0.15) is 0 Å². The van der Waals surface area contributed by atoms with Crippen molar-refractivity contribution in [3.63, 3.8) is 0 Å². The number of carbonyl (C=O) groups excluding carboxylic acids is 1. The van der Waals surface area contributed by atoms with Crippen LogP contribution in [0.2, 0.25) is 0 Å². The Kier molecular flexibility index (Phi) is 6.39. The lowest BCUT2D eigenvalue weighted by Crippen LogP contribution is -2.74. The number of fused-ring (bicyclic) bond motifs is 4. The highest BCUT2D eigenvalue weighted by atomic mass is 17.3. The minimum absolute atomic E-state index is 0.0734. The molecule has 0 N–H and O–H groups in total. The SMILES string of the molecule is CCC[C@@]1(C[C@@H]2C(=O)O[C@H]3O[C@@]4(C)CC[C@H]5[C@H](C)CC[C@@H]2[C@@]35OO4)O[C@H]2O[C@@]3(C)CC[C@H]4[C@H](C)CC[C@@H]([C@H]1C)[C@@]24OO3. The third-order valence-electron chi connectivity index (χ3n) is 13.6. The summed E-state index contributed by atoms with van der Waals surface area (Å²) in [6.45, 7) is 13.0. The molecule has 15 atom stereocenters. The minimum Gasteiger partial charge on any atom is -0.432 e. The Balaban J connectivity index is 1.18. The fourth-order valence-electron chi connectivity index (χ4n) is 11.3. The van der Waals surface area contributed by atoms with Crippen molar-refractivity contribution in [2.75, 3.05) is 0 Å². The Bertz CT molecular complexity index is 1120. The van der Waals surface area contributed by atoms with Crippen LogP contribution in [0.25, 0.3) is 0 Å². The first-order chi connectivity index (χ1) is 20.0. The van der Waals surface area contributed by atoms with Gasteiger partial charge >= 0.3 is 5.97 Å². The number of hydrogen-bond acceptors (Lipinski definition) is 9. The number of rotatable bonds is 4. The fraction of sp³-hybridized carbons (Fsp3) is 0.970. The van der Waals surface area contributed by atoms with E-state index in [2.05, 4.69) is 27.7 Å². The molecule has 8 aliphatic heterocycles. The quantitative estimate of drug-likeness (QED) is 0.281. The van der Waals surface area contributed by atoms with Crippen molar-refractivity contribution in [1.29, 1.82) is 0 Å². The average Bonchev–Trinajstić information content (AvgIpc) is 3.32. The lowest BCUT2D eigenvalue weighted by atomic mass is 9.52. The van der Waals surface area contributed by atoms with Gasteiger partial charge in [-0.05, 0) is 88.9 Å². The summed E-state index contributed by atoms with van der Waals surface area (Å²) in [5.74, 6) is -0.620. The molecule has 0 aromatic heterocycles. The molecule has 2 spiro atoms. The van der Waals surface area contributed by atoms with Crippen LogP contribution in [0.1, 0.15) is 112 Å². The Labute approximate surface area is 249 Å². The van der Waals surface area contributed by atoms with E-state index in [0.717, 1.165) is 64.2 Å². The van der Waals surface area contributed by atoms with Crippen LogP contribution < -0.4 is 0 Å². The molecule has 10 aliphatic rings. The van der Waals surface area contributed by atoms with Crippen molar-refractivity contribution in [1.82, 2.24) is 0 Å². The van der Waals surface area contributed by atoms with Crippen LogP contribution in [0.15, 0.2) is 0 Å². The second kappa shape index (κ2) is 9.36. The smallest absolute Gasteiger partial charge is 0.311 e. The highest BCUT2D eigenvalue weighted by Gasteiger charge is 2.74. The van der Waals surface area contributed by atoms with Crippen LogP contribution in [-0.2, 0) is 43.3 Å². The van der Waals surface area contributed by atoms with Crippen molar-refractivity contribution in [2.24, 2.45) is 47.3 Å². The maximum Gasteiger partial charge on any atom is 0.311 e. The van der Waals surface area contributed by atoms with Gasteiger partial charge in [0.15, 0.2) is 17.5 Å². The van der Waals surface area contributed by atoms with E-state index in [1.54, 1.807) is 0 Å². The van der Waals surface area contributed by atoms with E-state index in [1.807, 2.05) is 13.8 Å². The molecule has 2 aliphatic carbocycles. The van der Waals surface area contributed by atoms with Gasteiger partial charge in [0.1, 0.15) is 0 Å². The van der Waals surface area contributed by atoms with Crippen molar-refractivity contribution < 1.29 is 43.3 Å². The molecule has 236 valence electrons. The van der Waals surface area contributed by atoms with E-state index in [0.29, 0.717) is 24.2 Å². The first-order valence-electron chi connectivity index (χ1n) is 17.0. The zero-order valence-corrected chi connectivity index (χ0v) is 26.2. The van der Waals surface area contributed by atoms with Gasteiger partial charge in [0.05, 0.1) is 11.5 Å². The van der Waals surface area contributed by atoms with E-state index < -0.39 is 41.0 Å². The second-order valence-electron chi connectivity index (χ2n) is 15.8. The van der Waals surface area contributed by atoms with Crippen LogP contribution in [0, 0.1) is 47.3 Å². The summed E-state index contributed by atoms with van der Waals surface area (Å²) in [6, 6.07) is 0. The molecule has 0 aromatic rings. The minimum atomic E-state index is -0.896. The van der Waals surface area contributed by atoms with Crippen LogP contribution >= 0.6 is 0 Å². The summed E-state index contributed by atoms with van der Waals surface area (Å²) in [6.07, 6.45) is 8.56. The predicted molar refractivity (Wildman–Crippen MR) is 148 cm³/mol. The topological polar surface area (TPSA) is 90.9 Å². The molecule has 4 bridgehead atoms. The van der Waals surface area contributed by atoms with Crippen LogP contribution in [0.3, 0.4) is 0 Å². The zero-order chi connectivity index (χ0) is 29.3. The van der Waals surface area contributed by atoms with Gasteiger partial charge in [-0.3, -0.25) is 4.79 Å². The first-order valence-corrected chi connectivity index (χ1v) is 17.0. The molecule has 2 saturated carbocycles. The van der Waals surface area contributed by atoms with Gasteiger partial charge in [-0.1, -0.05) is 34.1 Å². The molecule has 9 heteroatoms. The molecule has 0 radical (unpaired) electrons. The highest BCUT2D eigenvalue weighted by molar-refractivity contribution is 5.74. The van der Waals surface area contributed by atoms with Gasteiger partial charge in [-0.25, -0.2) is 19.6 Å². The van der Waals surface area contributed by atoms with Crippen LogP contribution in [-0.4, -0.2) is 46.9 Å². The molecular weight excluding hydrogens is 540 g/mol. The van der Waals surface area contributed by atoms with Crippen molar-refractivity contribution in [2.45, 2.75) is 153 Å². The van der Waals surface area contributed by atoms with Gasteiger partial charge < -0.3 is 18.9 Å². The third-order valence-corrected chi connectivity index (χ3v) is 13.6. The number of carbonyl (C=O) groups is 1. The fourth-order valence-corrected chi connectivity index (χ4v) is 11.3. The van der Waals surface area contributed by atoms with Gasteiger partial charge in [0, 0.05) is 30.6 Å². The molecule has 8 heterocycles. The van der Waals surface area contributed by atoms with Crippen molar-refractivity contribution >= 4 is 5.97 Å². The summed E-state index contributed by atoms with van der Waals surface area (Å²) in [7, 11) is 0. The van der Waals surface area contributed by atoms with E-state index in [-0.39, 0.29) is 35.6 Å². The van der Waals surface area contributed by atoms with E-state index in [9.17, 15) is 4.79 Å². The molecular formula is C33H50O9. The largest absolute Gasteiger partial charge is 0.432 e. The van der Waals surface area contributed by atoms with Gasteiger partial charge in [0.25, 0.3) is 0 Å². The normalized spacial score (nSPS) is 59.7. The molecule has 0 unspecified atom stereocenters. The third kappa shape index (κ3) is 3.65. The monoisotopic (exact) mass is 590 g/mol. The summed E-state index contributed by atoms with van der Waals surface area (Å²) < 4.78 is 26.7. The molecule has 9 nitrogen and oxygen atoms in total. The average molecular weight is 591 g/mol. The Morgan fingerprint density at radius 1 is 0.690 bits per heavy atom. The molecule has 0 aromatic carbocycles. The summed E-state index contributed by atoms with van der Waals surface area (Å²) in [4.78, 5) is 39.1. The molecule has 10 fully saturated rings. The number of ether oxygens (including phenoxy) is 4. The van der Waals surface area contributed by atoms with Crippen LogP contribution in [0.5, 0.6) is 0 Å². The first kappa shape index (κ1) is 28.6. The zero-order valence-electron chi connectivity index (χ0n) is 26.2. The summed E-state index contributed by atoms with van der Waals surface area (Å²) in [5.41, 5.74) is -2.01. The number of esters is 1. The second-order valence-corrected chi connectivity index (χ2v) is 15.8. The maximum atomic E-state index is 14.1. The molecule has 8 saturated heterocycles. The van der Waals surface area contributed by atoms with E-state index in [1.165, 1.54) is 0 Å². The maximum absolute atomic E-state index is 14.1. The van der Waals surface area contributed by atoms with E-state index >= 15 is 0 Å². The lowest BCUT2D eigenvalue weighted by molar-refractivity contribution is -0.578. The summed E-state index contributed by atoms with van der Waals surface area (Å²) >= 11 is 0. The van der Waals surface area contributed by atoms with Crippen LogP contribution in [0.4, 0.5) is 0 Å². The molecule has 10 rings (SSSR count).